The van der Waals surface area contributed by atoms with Crippen LogP contribution in [0.15, 0.2) is 77.9 Å². The van der Waals surface area contributed by atoms with Crippen molar-refractivity contribution in [3.63, 3.8) is 0 Å². The number of para-hydroxylation sites is 1. The summed E-state index contributed by atoms with van der Waals surface area (Å²) in [7, 11) is 0. The molecule has 0 aliphatic carbocycles. The normalized spacial score (nSPS) is 13.8. The van der Waals surface area contributed by atoms with E-state index in [1.165, 1.54) is 0 Å². The van der Waals surface area contributed by atoms with E-state index in [9.17, 15) is 14.4 Å². The molecule has 1 saturated heterocycles. The number of amides is 2. The molecule has 1 aliphatic heterocycles. The van der Waals surface area contributed by atoms with Crippen LogP contribution in [0.4, 0.5) is 5.82 Å². The first-order valence-corrected chi connectivity index (χ1v) is 13.4. The molecular formula is C31H28N7O3+. The summed E-state index contributed by atoms with van der Waals surface area (Å²) >= 11 is 0. The second-order valence-electron chi connectivity index (χ2n) is 9.94. The molecule has 0 bridgehead atoms. The molecule has 1 unspecified atom stereocenters. The zero-order chi connectivity index (χ0) is 28.5. The molecule has 41 heavy (non-hydrogen) atoms. The standard InChI is InChI=1S/C31H27N7O3/c1-20(34-30(40)27-28(32)35-37-18-8-15-33-29(27)37)24-19-22-10-5-9-21(11-6-16-36-17-7-14-25(36)39)26(22)31(41)38(24)23-12-3-2-4-13-23/h2-5,8-10,12-13,15,18-20H,7,14,16-17H2,1H3,(H3,32,34,35,40)/p+1. The molecule has 2 aromatic carbocycles. The molecule has 10 nitrogen and oxygen atoms in total. The number of nitrogens with one attached hydrogen (secondary N) is 2. The van der Waals surface area contributed by atoms with Crippen LogP contribution in [-0.2, 0) is 4.79 Å². The average Bonchev–Trinajstić information content (AvgIpc) is 3.54. The number of rotatable bonds is 5. The third-order valence-electron chi connectivity index (χ3n) is 7.25. The minimum atomic E-state index is -0.575. The molecule has 1 atom stereocenters. The van der Waals surface area contributed by atoms with Crippen LogP contribution >= 0.6 is 0 Å². The Morgan fingerprint density at radius 2 is 2.00 bits per heavy atom. The molecule has 0 radical (unpaired) electrons. The van der Waals surface area contributed by atoms with Gasteiger partial charge in [0.05, 0.1) is 18.0 Å². The van der Waals surface area contributed by atoms with E-state index < -0.39 is 11.9 Å². The summed E-state index contributed by atoms with van der Waals surface area (Å²) in [6.45, 7) is 2.85. The van der Waals surface area contributed by atoms with Crippen molar-refractivity contribution in [3.8, 4) is 17.5 Å². The Morgan fingerprint density at radius 3 is 2.78 bits per heavy atom. The first-order valence-electron chi connectivity index (χ1n) is 13.4. The number of nitrogens with two attached hydrogens (primary N) is 1. The van der Waals surface area contributed by atoms with Gasteiger partial charge in [0, 0.05) is 36.0 Å². The smallest absolute Gasteiger partial charge is 0.362 e. The predicted molar refractivity (Wildman–Crippen MR) is 154 cm³/mol. The Morgan fingerprint density at radius 1 is 1.17 bits per heavy atom. The van der Waals surface area contributed by atoms with E-state index in [1.807, 2.05) is 61.5 Å². The number of carbonyl (C=O) groups excluding carboxylic acids is 2. The van der Waals surface area contributed by atoms with Crippen LogP contribution in [0.3, 0.4) is 0 Å². The summed E-state index contributed by atoms with van der Waals surface area (Å²) in [5.74, 6) is 6.07. The fourth-order valence-electron chi connectivity index (χ4n) is 5.27. The first kappa shape index (κ1) is 25.8. The van der Waals surface area contributed by atoms with Crippen LogP contribution < -0.4 is 21.1 Å². The Bertz CT molecular complexity index is 1930. The van der Waals surface area contributed by atoms with Crippen molar-refractivity contribution < 1.29 is 14.1 Å². The highest BCUT2D eigenvalue weighted by atomic mass is 16.2. The summed E-state index contributed by atoms with van der Waals surface area (Å²) in [6, 6.07) is 17.8. The molecule has 1 aliphatic rings. The fourth-order valence-corrected chi connectivity index (χ4v) is 5.27. The van der Waals surface area contributed by atoms with Crippen molar-refractivity contribution in [2.24, 2.45) is 0 Å². The van der Waals surface area contributed by atoms with Crippen LogP contribution in [0.2, 0.25) is 0 Å². The van der Waals surface area contributed by atoms with Crippen LogP contribution in [-0.4, -0.2) is 44.5 Å². The largest absolute Gasteiger partial charge is 0.382 e. The second kappa shape index (κ2) is 10.6. The van der Waals surface area contributed by atoms with Gasteiger partial charge in [0.15, 0.2) is 11.4 Å². The highest BCUT2D eigenvalue weighted by Gasteiger charge is 2.27. The lowest BCUT2D eigenvalue weighted by molar-refractivity contribution is -0.577. The Hall–Kier alpha value is -5.43. The zero-order valence-corrected chi connectivity index (χ0v) is 22.4. The summed E-state index contributed by atoms with van der Waals surface area (Å²) < 4.78 is 3.18. The Kier molecular flexibility index (Phi) is 6.69. The van der Waals surface area contributed by atoms with Crippen LogP contribution in [0.1, 0.15) is 47.4 Å². The van der Waals surface area contributed by atoms with E-state index in [0.29, 0.717) is 52.9 Å². The van der Waals surface area contributed by atoms with Gasteiger partial charge in [0.25, 0.3) is 11.5 Å². The number of likely N-dealkylation sites (tertiary alicyclic amines) is 1. The van der Waals surface area contributed by atoms with Gasteiger partial charge in [-0.05, 0) is 48.0 Å². The number of aromatic nitrogens is 4. The number of benzene rings is 2. The molecular weight excluding hydrogens is 518 g/mol. The number of carbonyl (C=O) groups is 2. The highest BCUT2D eigenvalue weighted by molar-refractivity contribution is 6.03. The van der Waals surface area contributed by atoms with Crippen molar-refractivity contribution in [2.75, 3.05) is 18.8 Å². The highest BCUT2D eigenvalue weighted by Crippen LogP contribution is 2.24. The molecule has 10 heteroatoms. The predicted octanol–water partition coefficient (Wildman–Crippen LogP) is 2.50. The fraction of sp³-hybridized carbons (Fsp3) is 0.194. The number of pyridine rings is 1. The maximum atomic E-state index is 14.2. The van der Waals surface area contributed by atoms with E-state index in [-0.39, 0.29) is 22.8 Å². The summed E-state index contributed by atoms with van der Waals surface area (Å²) in [5.41, 5.74) is 8.32. The number of fused-ring (bicyclic) bond motifs is 2. The molecule has 4 N–H and O–H groups in total. The molecule has 1 fully saturated rings. The van der Waals surface area contributed by atoms with E-state index in [2.05, 4.69) is 27.2 Å². The van der Waals surface area contributed by atoms with Gasteiger partial charge in [-0.1, -0.05) is 42.2 Å². The lowest BCUT2D eigenvalue weighted by atomic mass is 10.0. The summed E-state index contributed by atoms with van der Waals surface area (Å²) in [5, 5.41) is 7.09. The molecule has 2 amide bonds. The lowest BCUT2D eigenvalue weighted by Crippen LogP contribution is -2.33. The van der Waals surface area contributed by atoms with Crippen molar-refractivity contribution in [1.29, 1.82) is 0 Å². The van der Waals surface area contributed by atoms with Crippen molar-refractivity contribution in [1.82, 2.24) is 24.9 Å². The quantitative estimate of drug-likeness (QED) is 0.230. The Balaban J connectivity index is 1.42. The number of hydrogen-bond acceptors (Lipinski definition) is 5. The molecule has 5 aromatic rings. The molecule has 0 spiro atoms. The van der Waals surface area contributed by atoms with Crippen LogP contribution in [0, 0.1) is 11.8 Å². The average molecular weight is 547 g/mol. The van der Waals surface area contributed by atoms with Gasteiger partial charge < -0.3 is 16.0 Å². The lowest BCUT2D eigenvalue weighted by Gasteiger charge is -2.21. The number of nitrogen functional groups attached to an aromatic ring is 1. The van der Waals surface area contributed by atoms with Crippen molar-refractivity contribution >= 4 is 34.1 Å². The summed E-state index contributed by atoms with van der Waals surface area (Å²) in [6.07, 6.45) is 4.70. The number of H-pyrrole nitrogens is 1. The van der Waals surface area contributed by atoms with Crippen LogP contribution in [0.25, 0.3) is 22.1 Å². The number of nitrogens with zero attached hydrogens (tertiary/aromatic N) is 4. The topological polar surface area (TPSA) is 130 Å². The van der Waals surface area contributed by atoms with Crippen molar-refractivity contribution in [2.45, 2.75) is 25.8 Å². The third-order valence-corrected chi connectivity index (χ3v) is 7.25. The molecule has 4 heterocycles. The number of aromatic amines is 1. The monoisotopic (exact) mass is 546 g/mol. The third kappa shape index (κ3) is 4.78. The van der Waals surface area contributed by atoms with E-state index in [4.69, 9.17) is 5.73 Å². The number of anilines is 1. The van der Waals surface area contributed by atoms with Gasteiger partial charge in [0.1, 0.15) is 12.4 Å². The van der Waals surface area contributed by atoms with E-state index in [0.717, 1.165) is 6.42 Å². The van der Waals surface area contributed by atoms with E-state index >= 15 is 0 Å². The van der Waals surface area contributed by atoms with E-state index in [1.54, 1.807) is 32.4 Å². The number of hydrogen-bond donors (Lipinski definition) is 3. The van der Waals surface area contributed by atoms with Gasteiger partial charge in [-0.15, -0.1) is 4.52 Å². The van der Waals surface area contributed by atoms with Gasteiger partial charge >= 0.3 is 5.65 Å². The minimum absolute atomic E-state index is 0.105. The molecule has 204 valence electrons. The molecule has 6 rings (SSSR count). The maximum Gasteiger partial charge on any atom is 0.362 e. The zero-order valence-electron chi connectivity index (χ0n) is 22.4. The van der Waals surface area contributed by atoms with Gasteiger partial charge in [-0.3, -0.25) is 19.0 Å². The maximum absolute atomic E-state index is 14.2. The van der Waals surface area contributed by atoms with Crippen LogP contribution in [0.5, 0.6) is 0 Å². The first-order chi connectivity index (χ1) is 19.9. The minimum Gasteiger partial charge on any atom is -0.382 e. The molecule has 0 saturated carbocycles. The second-order valence-corrected chi connectivity index (χ2v) is 9.94. The summed E-state index contributed by atoms with van der Waals surface area (Å²) in [4.78, 5) is 45.6. The van der Waals surface area contributed by atoms with Gasteiger partial charge in [0.2, 0.25) is 5.91 Å². The Labute approximate surface area is 235 Å². The van der Waals surface area contributed by atoms with Crippen molar-refractivity contribution in [3.05, 3.63) is 100 Å². The van der Waals surface area contributed by atoms with Gasteiger partial charge in [-0.25, -0.2) is 5.10 Å². The van der Waals surface area contributed by atoms with Gasteiger partial charge in [-0.2, -0.15) is 0 Å². The molecule has 3 aromatic heterocycles. The SMILES string of the molecule is CC(NC(=O)c1c(N)[nH][n+]2cccnc12)c1cc2cccc(C#CCN3CCCC3=O)c2c(=O)n1-c1ccccc1.